The molecule has 0 radical (unpaired) electrons. The Balaban J connectivity index is 1.55. The monoisotopic (exact) mass is 458 g/mol. The number of hydrogen-bond acceptors (Lipinski definition) is 4. The molecule has 32 heavy (non-hydrogen) atoms. The van der Waals surface area contributed by atoms with Crippen LogP contribution >= 0.6 is 11.6 Å². The maximum Gasteiger partial charge on any atom is 0.332 e. The summed E-state index contributed by atoms with van der Waals surface area (Å²) in [6.45, 7) is 4.06. The van der Waals surface area contributed by atoms with Crippen molar-refractivity contribution in [1.29, 1.82) is 0 Å². The van der Waals surface area contributed by atoms with Gasteiger partial charge in [0.2, 0.25) is 0 Å². The van der Waals surface area contributed by atoms with E-state index in [1.54, 1.807) is 6.07 Å². The van der Waals surface area contributed by atoms with Gasteiger partial charge in [-0.2, -0.15) is 0 Å². The Hall–Kier alpha value is -3.00. The molecule has 2 aromatic rings. The number of hydrogen-bond donors (Lipinski definition) is 1. The van der Waals surface area contributed by atoms with Gasteiger partial charge in [-0.25, -0.2) is 19.1 Å². The fourth-order valence-corrected chi connectivity index (χ4v) is 4.38. The molecule has 7 nitrogen and oxygen atoms in total. The molecule has 4 rings (SSSR count). The van der Waals surface area contributed by atoms with E-state index in [4.69, 9.17) is 11.6 Å². The van der Waals surface area contributed by atoms with Crippen LogP contribution in [0.4, 0.5) is 20.6 Å². The summed E-state index contributed by atoms with van der Waals surface area (Å²) >= 11 is 6.37. The topological polar surface area (TPSA) is 82.6 Å². The van der Waals surface area contributed by atoms with Gasteiger partial charge in [0.1, 0.15) is 6.04 Å². The highest BCUT2D eigenvalue weighted by Gasteiger charge is 2.44. The van der Waals surface area contributed by atoms with Crippen LogP contribution in [-0.2, 0) is 4.79 Å². The SMILES string of the molecule is CCC1C(=O)N(c2ccc(NC(=O)c3nc(C4CCC4)ccc3F)cc2Cl)C(=O)N1CC. The van der Waals surface area contributed by atoms with E-state index in [0.29, 0.717) is 24.3 Å². The number of halogens is 2. The first-order valence-corrected chi connectivity index (χ1v) is 11.1. The summed E-state index contributed by atoms with van der Waals surface area (Å²) in [5.74, 6) is -1.46. The van der Waals surface area contributed by atoms with Crippen LogP contribution in [0.25, 0.3) is 0 Å². The average molecular weight is 459 g/mol. The predicted octanol–water partition coefficient (Wildman–Crippen LogP) is 4.96. The number of likely N-dealkylation sites (N-methyl/N-ethyl adjacent to an activating group) is 1. The number of carbonyl (C=O) groups is 3. The van der Waals surface area contributed by atoms with Crippen molar-refractivity contribution in [2.45, 2.75) is 51.5 Å². The summed E-state index contributed by atoms with van der Waals surface area (Å²) in [6, 6.07) is 6.37. The zero-order chi connectivity index (χ0) is 23.0. The maximum atomic E-state index is 14.2. The van der Waals surface area contributed by atoms with Gasteiger partial charge in [0.05, 0.1) is 10.7 Å². The Bertz CT molecular complexity index is 1070. The van der Waals surface area contributed by atoms with Crippen molar-refractivity contribution in [1.82, 2.24) is 9.88 Å². The number of anilines is 2. The summed E-state index contributed by atoms with van der Waals surface area (Å²) in [4.78, 5) is 44.9. The Morgan fingerprint density at radius 3 is 2.53 bits per heavy atom. The number of imide groups is 1. The van der Waals surface area contributed by atoms with Gasteiger partial charge in [0.25, 0.3) is 11.8 Å². The molecule has 4 amide bonds. The molecule has 2 fully saturated rings. The average Bonchev–Trinajstić information content (AvgIpc) is 2.97. The Kier molecular flexibility index (Phi) is 6.15. The Morgan fingerprint density at radius 2 is 1.97 bits per heavy atom. The molecule has 9 heteroatoms. The molecule has 2 heterocycles. The number of urea groups is 1. The van der Waals surface area contributed by atoms with Crippen LogP contribution in [-0.4, -0.2) is 40.3 Å². The number of amides is 4. The molecule has 1 aromatic carbocycles. The third-order valence-corrected chi connectivity index (χ3v) is 6.40. The van der Waals surface area contributed by atoms with Crippen LogP contribution in [0.3, 0.4) is 0 Å². The van der Waals surface area contributed by atoms with Crippen molar-refractivity contribution < 1.29 is 18.8 Å². The smallest absolute Gasteiger partial charge is 0.321 e. The third-order valence-electron chi connectivity index (χ3n) is 6.10. The van der Waals surface area contributed by atoms with E-state index in [1.807, 2.05) is 13.8 Å². The number of benzene rings is 1. The quantitative estimate of drug-likeness (QED) is 0.620. The summed E-state index contributed by atoms with van der Waals surface area (Å²) in [7, 11) is 0. The fraction of sp³-hybridized carbons (Fsp3) is 0.391. The molecule has 1 atom stereocenters. The summed E-state index contributed by atoms with van der Waals surface area (Å²) in [5.41, 5.74) is 0.986. The van der Waals surface area contributed by atoms with Gasteiger partial charge in [-0.05, 0) is 56.5 Å². The minimum Gasteiger partial charge on any atom is -0.321 e. The highest BCUT2D eigenvalue weighted by molar-refractivity contribution is 6.36. The van der Waals surface area contributed by atoms with Crippen LogP contribution in [0, 0.1) is 5.82 Å². The molecule has 1 aromatic heterocycles. The minimum absolute atomic E-state index is 0.119. The lowest BCUT2D eigenvalue weighted by Gasteiger charge is -2.25. The van der Waals surface area contributed by atoms with Crippen LogP contribution < -0.4 is 10.2 Å². The van der Waals surface area contributed by atoms with Gasteiger partial charge in [-0.3, -0.25) is 9.59 Å². The molecule has 1 N–H and O–H groups in total. The molecule has 2 aliphatic rings. The standard InChI is InChI=1S/C23H24ClFN4O3/c1-3-18-22(31)29(23(32)28(18)4-2)19-11-8-14(12-15(19)24)26-21(30)20-16(25)9-10-17(27-20)13-6-5-7-13/h8-13,18H,3-7H2,1-2H3,(H,26,30). The van der Waals surface area contributed by atoms with Crippen molar-refractivity contribution in [3.63, 3.8) is 0 Å². The van der Waals surface area contributed by atoms with Gasteiger partial charge in [0.15, 0.2) is 11.5 Å². The molecular formula is C23H24ClFN4O3. The second kappa shape index (κ2) is 8.86. The minimum atomic E-state index is -0.702. The number of aromatic nitrogens is 1. The lowest BCUT2D eigenvalue weighted by molar-refractivity contribution is -0.119. The van der Waals surface area contributed by atoms with E-state index >= 15 is 0 Å². The maximum absolute atomic E-state index is 14.2. The first-order chi connectivity index (χ1) is 15.3. The number of nitrogens with one attached hydrogen (secondary N) is 1. The van der Waals surface area contributed by atoms with Crippen molar-refractivity contribution in [3.05, 3.63) is 52.6 Å². The summed E-state index contributed by atoms with van der Waals surface area (Å²) < 4.78 is 14.2. The molecule has 0 bridgehead atoms. The Morgan fingerprint density at radius 1 is 1.22 bits per heavy atom. The largest absolute Gasteiger partial charge is 0.332 e. The van der Waals surface area contributed by atoms with E-state index < -0.39 is 23.8 Å². The van der Waals surface area contributed by atoms with Crippen molar-refractivity contribution in [2.24, 2.45) is 0 Å². The molecule has 1 saturated carbocycles. The predicted molar refractivity (Wildman–Crippen MR) is 120 cm³/mol. The third kappa shape index (κ3) is 3.83. The number of pyridine rings is 1. The van der Waals surface area contributed by atoms with Crippen molar-refractivity contribution in [2.75, 3.05) is 16.8 Å². The Labute approximate surface area is 190 Å². The van der Waals surface area contributed by atoms with Gasteiger partial charge in [-0.15, -0.1) is 0 Å². The zero-order valence-corrected chi connectivity index (χ0v) is 18.7. The first-order valence-electron chi connectivity index (χ1n) is 10.8. The number of nitrogens with zero attached hydrogens (tertiary/aromatic N) is 3. The molecule has 1 unspecified atom stereocenters. The van der Waals surface area contributed by atoms with E-state index in [-0.39, 0.29) is 28.2 Å². The highest BCUT2D eigenvalue weighted by atomic mass is 35.5. The molecular weight excluding hydrogens is 435 g/mol. The van der Waals surface area contributed by atoms with E-state index in [0.717, 1.165) is 24.2 Å². The molecule has 1 aliphatic carbocycles. The van der Waals surface area contributed by atoms with Crippen LogP contribution in [0.5, 0.6) is 0 Å². The van der Waals surface area contributed by atoms with Gasteiger partial charge < -0.3 is 10.2 Å². The summed E-state index contributed by atoms with van der Waals surface area (Å²) in [6.07, 6.45) is 3.57. The van der Waals surface area contributed by atoms with Crippen molar-refractivity contribution >= 4 is 40.8 Å². The van der Waals surface area contributed by atoms with E-state index in [2.05, 4.69) is 10.3 Å². The molecule has 1 aliphatic heterocycles. The van der Waals surface area contributed by atoms with Gasteiger partial charge in [0, 0.05) is 23.8 Å². The van der Waals surface area contributed by atoms with Crippen LogP contribution in [0.2, 0.25) is 5.02 Å². The summed E-state index contributed by atoms with van der Waals surface area (Å²) in [5, 5.41) is 2.72. The number of carbonyl (C=O) groups excluding carboxylic acids is 3. The van der Waals surface area contributed by atoms with Crippen LogP contribution in [0.15, 0.2) is 30.3 Å². The molecule has 0 spiro atoms. The second-order valence-corrected chi connectivity index (χ2v) is 8.39. The van der Waals surface area contributed by atoms with Gasteiger partial charge >= 0.3 is 6.03 Å². The molecule has 168 valence electrons. The lowest BCUT2D eigenvalue weighted by atomic mass is 9.82. The lowest BCUT2D eigenvalue weighted by Crippen LogP contribution is -2.34. The van der Waals surface area contributed by atoms with E-state index in [1.165, 1.54) is 29.2 Å². The van der Waals surface area contributed by atoms with Gasteiger partial charge in [-0.1, -0.05) is 24.9 Å². The van der Waals surface area contributed by atoms with E-state index in [9.17, 15) is 18.8 Å². The fourth-order valence-electron chi connectivity index (χ4n) is 4.11. The molecule has 1 saturated heterocycles. The zero-order valence-electron chi connectivity index (χ0n) is 17.9. The highest BCUT2D eigenvalue weighted by Crippen LogP contribution is 2.36. The van der Waals surface area contributed by atoms with Crippen molar-refractivity contribution in [3.8, 4) is 0 Å². The first kappa shape index (κ1) is 22.2. The second-order valence-electron chi connectivity index (χ2n) is 7.98. The van der Waals surface area contributed by atoms with Crippen LogP contribution in [0.1, 0.15) is 61.6 Å². The normalized spacial score (nSPS) is 18.8. The number of rotatable bonds is 6.